The molecule has 0 N–H and O–H groups in total. The van der Waals surface area contributed by atoms with E-state index in [1.54, 1.807) is 0 Å². The number of likely N-dealkylation sites (N-methyl/N-ethyl adjacent to an activating group) is 1. The van der Waals surface area contributed by atoms with E-state index in [2.05, 4.69) is 45.0 Å². The van der Waals surface area contributed by atoms with E-state index in [0.717, 1.165) is 42.9 Å². The molecule has 0 amide bonds. The zero-order chi connectivity index (χ0) is 12.5. The Morgan fingerprint density at radius 2 is 1.83 bits per heavy atom. The fourth-order valence-electron chi connectivity index (χ4n) is 2.43. The maximum absolute atomic E-state index is 4.50. The van der Waals surface area contributed by atoms with Gasteiger partial charge in [-0.3, -0.25) is 0 Å². The van der Waals surface area contributed by atoms with Gasteiger partial charge in [0.1, 0.15) is 0 Å². The molecule has 0 radical (unpaired) electrons. The normalized spacial score (nSPS) is 17.3. The number of fused-ring (bicyclic) bond motifs is 1. The maximum Gasteiger partial charge on any atom is 0.161 e. The van der Waals surface area contributed by atoms with Crippen LogP contribution >= 0.6 is 0 Å². The zero-order valence-electron chi connectivity index (χ0n) is 10.9. The van der Waals surface area contributed by atoms with Crippen molar-refractivity contribution in [3.8, 4) is 0 Å². The average molecular weight is 242 g/mol. The van der Waals surface area contributed by atoms with Gasteiger partial charge in [0.2, 0.25) is 0 Å². The number of aromatic nitrogens is 2. The molecule has 3 rings (SSSR count). The summed E-state index contributed by atoms with van der Waals surface area (Å²) in [5.74, 6) is 0. The summed E-state index contributed by atoms with van der Waals surface area (Å²) in [5, 5.41) is 1.16. The number of anilines is 1. The lowest BCUT2D eigenvalue weighted by Gasteiger charge is -2.34. The summed E-state index contributed by atoms with van der Waals surface area (Å²) in [5.41, 5.74) is 3.14. The van der Waals surface area contributed by atoms with E-state index in [9.17, 15) is 0 Å². The number of hydrogen-bond acceptors (Lipinski definition) is 4. The average Bonchev–Trinajstić information content (AvgIpc) is 2.38. The molecule has 1 aliphatic heterocycles. The molecule has 0 saturated carbocycles. The molecule has 1 fully saturated rings. The van der Waals surface area contributed by atoms with E-state index in [0.29, 0.717) is 0 Å². The first-order valence-corrected chi connectivity index (χ1v) is 6.40. The van der Waals surface area contributed by atoms with Gasteiger partial charge in [-0.05, 0) is 32.2 Å². The van der Waals surface area contributed by atoms with Crippen LogP contribution in [0, 0.1) is 6.92 Å². The summed E-state index contributed by atoms with van der Waals surface area (Å²) < 4.78 is 0. The molecule has 94 valence electrons. The van der Waals surface area contributed by atoms with E-state index in [4.69, 9.17) is 0 Å². The summed E-state index contributed by atoms with van der Waals surface area (Å²) in [7, 11) is 2.17. The van der Waals surface area contributed by atoms with Crippen molar-refractivity contribution in [2.24, 2.45) is 0 Å². The van der Waals surface area contributed by atoms with Gasteiger partial charge in [0.15, 0.2) is 5.65 Å². The van der Waals surface area contributed by atoms with Crippen LogP contribution in [0.3, 0.4) is 0 Å². The van der Waals surface area contributed by atoms with Crippen LogP contribution in [0.4, 0.5) is 5.69 Å². The SMILES string of the molecule is Cc1ccc2c(N3CCN(C)CC3)ccnc2n1. The van der Waals surface area contributed by atoms with Gasteiger partial charge >= 0.3 is 0 Å². The molecule has 0 aliphatic carbocycles. The van der Waals surface area contributed by atoms with Crippen LogP contribution in [0.15, 0.2) is 24.4 Å². The monoisotopic (exact) mass is 242 g/mol. The minimum Gasteiger partial charge on any atom is -0.368 e. The molecule has 0 spiro atoms. The Balaban J connectivity index is 2.01. The third-order valence-electron chi connectivity index (χ3n) is 3.56. The van der Waals surface area contributed by atoms with Gasteiger partial charge in [-0.15, -0.1) is 0 Å². The molecule has 1 aliphatic rings. The van der Waals surface area contributed by atoms with E-state index >= 15 is 0 Å². The molecule has 4 nitrogen and oxygen atoms in total. The third-order valence-corrected chi connectivity index (χ3v) is 3.56. The molecule has 18 heavy (non-hydrogen) atoms. The van der Waals surface area contributed by atoms with Crippen molar-refractivity contribution in [2.45, 2.75) is 6.92 Å². The predicted molar refractivity (Wildman–Crippen MR) is 74.0 cm³/mol. The summed E-state index contributed by atoms with van der Waals surface area (Å²) in [6.07, 6.45) is 1.86. The maximum atomic E-state index is 4.50. The number of hydrogen-bond donors (Lipinski definition) is 0. The second-order valence-corrected chi connectivity index (χ2v) is 4.94. The van der Waals surface area contributed by atoms with Gasteiger partial charge < -0.3 is 9.80 Å². The zero-order valence-corrected chi connectivity index (χ0v) is 10.9. The van der Waals surface area contributed by atoms with E-state index < -0.39 is 0 Å². The minimum atomic E-state index is 0.853. The van der Waals surface area contributed by atoms with E-state index in [1.807, 2.05) is 13.1 Å². The van der Waals surface area contributed by atoms with Crippen LogP contribution in [-0.2, 0) is 0 Å². The Morgan fingerprint density at radius 1 is 1.06 bits per heavy atom. The summed E-state index contributed by atoms with van der Waals surface area (Å²) in [6, 6.07) is 6.30. The Bertz CT molecular complexity index is 559. The standard InChI is InChI=1S/C14H18N4/c1-11-3-4-12-13(5-6-15-14(12)16-11)18-9-7-17(2)8-10-18/h3-6H,7-10H2,1-2H3. The van der Waals surface area contributed by atoms with Crippen molar-refractivity contribution in [2.75, 3.05) is 38.1 Å². The number of rotatable bonds is 1. The van der Waals surface area contributed by atoms with Crippen molar-refractivity contribution >= 4 is 16.7 Å². The predicted octanol–water partition coefficient (Wildman–Crippen LogP) is 1.69. The topological polar surface area (TPSA) is 32.3 Å². The molecular formula is C14H18N4. The van der Waals surface area contributed by atoms with Crippen molar-refractivity contribution < 1.29 is 0 Å². The molecule has 3 heterocycles. The Labute approximate surface area is 107 Å². The quantitative estimate of drug-likeness (QED) is 0.762. The second kappa shape index (κ2) is 4.53. The Hall–Kier alpha value is -1.68. The largest absolute Gasteiger partial charge is 0.368 e. The molecule has 1 saturated heterocycles. The molecule has 0 unspecified atom stereocenters. The molecule has 2 aromatic rings. The lowest BCUT2D eigenvalue weighted by molar-refractivity contribution is 0.313. The van der Waals surface area contributed by atoms with Crippen LogP contribution in [0.1, 0.15) is 5.69 Å². The highest BCUT2D eigenvalue weighted by molar-refractivity contribution is 5.89. The number of nitrogens with zero attached hydrogens (tertiary/aromatic N) is 4. The lowest BCUT2D eigenvalue weighted by Crippen LogP contribution is -2.44. The highest BCUT2D eigenvalue weighted by Gasteiger charge is 2.16. The van der Waals surface area contributed by atoms with Gasteiger partial charge in [-0.25, -0.2) is 9.97 Å². The first-order chi connectivity index (χ1) is 8.74. The van der Waals surface area contributed by atoms with Gasteiger partial charge in [0.25, 0.3) is 0 Å². The van der Waals surface area contributed by atoms with Crippen LogP contribution in [0.2, 0.25) is 0 Å². The Morgan fingerprint density at radius 3 is 2.61 bits per heavy atom. The van der Waals surface area contributed by atoms with Gasteiger partial charge in [0, 0.05) is 49.1 Å². The highest BCUT2D eigenvalue weighted by atomic mass is 15.2. The summed E-state index contributed by atoms with van der Waals surface area (Å²) in [6.45, 7) is 6.38. The Kier molecular flexibility index (Phi) is 2.88. The number of pyridine rings is 2. The lowest BCUT2D eigenvalue weighted by atomic mass is 10.2. The number of piperazine rings is 1. The van der Waals surface area contributed by atoms with Gasteiger partial charge in [-0.2, -0.15) is 0 Å². The van der Waals surface area contributed by atoms with Crippen LogP contribution in [-0.4, -0.2) is 48.1 Å². The van der Waals surface area contributed by atoms with Crippen LogP contribution in [0.5, 0.6) is 0 Å². The first kappa shape index (κ1) is 11.4. The van der Waals surface area contributed by atoms with Crippen molar-refractivity contribution in [1.29, 1.82) is 0 Å². The highest BCUT2D eigenvalue weighted by Crippen LogP contribution is 2.25. The fourth-order valence-corrected chi connectivity index (χ4v) is 2.43. The van der Waals surface area contributed by atoms with Crippen molar-refractivity contribution in [3.63, 3.8) is 0 Å². The summed E-state index contributed by atoms with van der Waals surface area (Å²) >= 11 is 0. The second-order valence-electron chi connectivity index (χ2n) is 4.94. The van der Waals surface area contributed by atoms with Crippen molar-refractivity contribution in [3.05, 3.63) is 30.1 Å². The molecular weight excluding hydrogens is 224 g/mol. The first-order valence-electron chi connectivity index (χ1n) is 6.40. The van der Waals surface area contributed by atoms with E-state index in [-0.39, 0.29) is 0 Å². The minimum absolute atomic E-state index is 0.853. The molecule has 0 bridgehead atoms. The number of aryl methyl sites for hydroxylation is 1. The van der Waals surface area contributed by atoms with Crippen molar-refractivity contribution in [1.82, 2.24) is 14.9 Å². The fraction of sp³-hybridized carbons (Fsp3) is 0.429. The third kappa shape index (κ3) is 2.04. The molecule has 4 heteroatoms. The van der Waals surface area contributed by atoms with Crippen LogP contribution in [0.25, 0.3) is 11.0 Å². The molecule has 0 aromatic carbocycles. The smallest absolute Gasteiger partial charge is 0.161 e. The molecule has 2 aromatic heterocycles. The molecule has 0 atom stereocenters. The summed E-state index contributed by atoms with van der Waals surface area (Å²) in [4.78, 5) is 13.7. The van der Waals surface area contributed by atoms with Gasteiger partial charge in [-0.1, -0.05) is 0 Å². The van der Waals surface area contributed by atoms with E-state index in [1.165, 1.54) is 5.69 Å². The van der Waals surface area contributed by atoms with Crippen LogP contribution < -0.4 is 4.90 Å². The van der Waals surface area contributed by atoms with Gasteiger partial charge in [0.05, 0.1) is 0 Å².